The Balaban J connectivity index is 1.96. The average molecular weight is 419 g/mol. The van der Waals surface area contributed by atoms with Gasteiger partial charge in [0.05, 0.1) is 32.3 Å². The first kappa shape index (κ1) is 19.1. The van der Waals surface area contributed by atoms with Crippen molar-refractivity contribution in [1.29, 1.82) is 5.26 Å². The fraction of sp³-hybridized carbons (Fsp3) is 0. The largest absolute Gasteiger partial charge is 0.478 e. The zero-order valence-electron chi connectivity index (χ0n) is 13.5. The molecule has 0 saturated carbocycles. The van der Waals surface area contributed by atoms with Gasteiger partial charge in [-0.2, -0.15) is 5.26 Å². The first-order valence-corrected chi connectivity index (χ1v) is 8.72. The molecular weight excluding hydrogens is 409 g/mol. The maximum absolute atomic E-state index is 11.2. The molecule has 0 unspecified atom stereocenters. The lowest BCUT2D eigenvalue weighted by atomic mass is 10.1. The van der Waals surface area contributed by atoms with E-state index < -0.39 is 5.97 Å². The van der Waals surface area contributed by atoms with Crippen LogP contribution in [0.1, 0.15) is 21.7 Å². The van der Waals surface area contributed by atoms with E-state index in [0.717, 1.165) is 0 Å². The number of carboxylic acid groups (broad SMARTS) is 1. The number of carboxylic acids is 1. The van der Waals surface area contributed by atoms with Crippen molar-refractivity contribution in [3.8, 4) is 17.4 Å². The molecule has 0 aliphatic rings. The van der Waals surface area contributed by atoms with E-state index in [9.17, 15) is 15.2 Å². The Morgan fingerprint density at radius 3 is 2.41 bits per heavy atom. The fourth-order valence-electron chi connectivity index (χ4n) is 2.41. The average Bonchev–Trinajstić information content (AvgIpc) is 3.11. The molecule has 0 radical (unpaired) electrons. The highest BCUT2D eigenvalue weighted by Gasteiger charge is 2.13. The molecule has 0 aliphatic carbocycles. The molecular formula is C20H10Cl3NO3. The number of rotatable bonds is 4. The number of halogens is 3. The van der Waals surface area contributed by atoms with Gasteiger partial charge in [-0.1, -0.05) is 40.9 Å². The minimum atomic E-state index is -1.13. The molecule has 0 atom stereocenters. The second kappa shape index (κ2) is 7.89. The van der Waals surface area contributed by atoms with E-state index in [1.54, 1.807) is 42.5 Å². The number of allylic oxidation sites excluding steroid dienone is 1. The monoisotopic (exact) mass is 417 g/mol. The molecule has 3 aromatic rings. The minimum absolute atomic E-state index is 0.0174. The predicted molar refractivity (Wildman–Crippen MR) is 106 cm³/mol. The van der Waals surface area contributed by atoms with Crippen LogP contribution in [-0.4, -0.2) is 11.1 Å². The van der Waals surface area contributed by atoms with E-state index in [1.165, 1.54) is 12.1 Å². The second-order valence-electron chi connectivity index (χ2n) is 5.50. The van der Waals surface area contributed by atoms with Gasteiger partial charge in [0.1, 0.15) is 11.5 Å². The number of nitrogens with zero attached hydrogens (tertiary/aromatic N) is 1. The first-order valence-electron chi connectivity index (χ1n) is 7.59. The third kappa shape index (κ3) is 4.17. The van der Waals surface area contributed by atoms with Gasteiger partial charge in [-0.25, -0.2) is 4.79 Å². The van der Waals surface area contributed by atoms with Crippen LogP contribution in [0.3, 0.4) is 0 Å². The van der Waals surface area contributed by atoms with Gasteiger partial charge in [-0.15, -0.1) is 0 Å². The quantitative estimate of drug-likeness (QED) is 0.480. The highest BCUT2D eigenvalue weighted by atomic mass is 35.5. The van der Waals surface area contributed by atoms with Crippen molar-refractivity contribution in [2.24, 2.45) is 0 Å². The topological polar surface area (TPSA) is 74.2 Å². The Morgan fingerprint density at radius 1 is 1.00 bits per heavy atom. The second-order valence-corrected chi connectivity index (χ2v) is 6.72. The molecule has 27 heavy (non-hydrogen) atoms. The zero-order chi connectivity index (χ0) is 19.6. The predicted octanol–water partition coefficient (Wildman–Crippen LogP) is 6.67. The van der Waals surface area contributed by atoms with Crippen LogP contribution in [0.2, 0.25) is 15.1 Å². The van der Waals surface area contributed by atoms with Crippen LogP contribution < -0.4 is 0 Å². The van der Waals surface area contributed by atoms with Gasteiger partial charge in [-0.3, -0.25) is 0 Å². The van der Waals surface area contributed by atoms with E-state index in [2.05, 4.69) is 6.07 Å². The molecule has 1 aromatic heterocycles. The maximum atomic E-state index is 11.2. The van der Waals surface area contributed by atoms with E-state index in [0.29, 0.717) is 38.3 Å². The van der Waals surface area contributed by atoms with E-state index in [1.807, 2.05) is 0 Å². The Bertz CT molecular complexity index is 1110. The molecule has 0 spiro atoms. The molecule has 0 fully saturated rings. The van der Waals surface area contributed by atoms with Crippen molar-refractivity contribution in [2.75, 3.05) is 0 Å². The number of aromatic carboxylic acids is 1. The SMILES string of the molecule is N#C/C(=C/c1ccc(-c2ccc(Cl)c(C(=O)O)c2)o1)c1ccc(Cl)c(Cl)c1. The summed E-state index contributed by atoms with van der Waals surface area (Å²) in [6, 6.07) is 14.9. The highest BCUT2D eigenvalue weighted by molar-refractivity contribution is 6.42. The summed E-state index contributed by atoms with van der Waals surface area (Å²) in [6.45, 7) is 0. The number of nitriles is 1. The van der Waals surface area contributed by atoms with Crippen LogP contribution in [0.5, 0.6) is 0 Å². The molecule has 0 amide bonds. The Kier molecular flexibility index (Phi) is 5.57. The summed E-state index contributed by atoms with van der Waals surface area (Å²) < 4.78 is 5.73. The Labute approximate surface area is 169 Å². The molecule has 4 nitrogen and oxygen atoms in total. The molecule has 7 heteroatoms. The Hall–Kier alpha value is -2.71. The van der Waals surface area contributed by atoms with Crippen LogP contribution >= 0.6 is 34.8 Å². The highest BCUT2D eigenvalue weighted by Crippen LogP contribution is 2.30. The van der Waals surface area contributed by atoms with Gasteiger partial charge in [0.25, 0.3) is 0 Å². The third-order valence-electron chi connectivity index (χ3n) is 3.75. The summed E-state index contributed by atoms with van der Waals surface area (Å²) >= 11 is 17.8. The van der Waals surface area contributed by atoms with Gasteiger partial charge in [-0.05, 0) is 54.1 Å². The molecule has 0 saturated heterocycles. The van der Waals surface area contributed by atoms with Crippen molar-refractivity contribution in [3.05, 3.63) is 80.5 Å². The van der Waals surface area contributed by atoms with E-state index in [4.69, 9.17) is 39.2 Å². The van der Waals surface area contributed by atoms with Crippen LogP contribution in [0.25, 0.3) is 23.0 Å². The minimum Gasteiger partial charge on any atom is -0.478 e. The normalized spacial score (nSPS) is 11.3. The Morgan fingerprint density at radius 2 is 1.74 bits per heavy atom. The lowest BCUT2D eigenvalue weighted by Gasteiger charge is -2.02. The lowest BCUT2D eigenvalue weighted by molar-refractivity contribution is 0.0697. The van der Waals surface area contributed by atoms with Crippen LogP contribution in [0.15, 0.2) is 52.9 Å². The van der Waals surface area contributed by atoms with E-state index in [-0.39, 0.29) is 10.6 Å². The summed E-state index contributed by atoms with van der Waals surface area (Å²) in [6.07, 6.45) is 1.57. The molecule has 0 aliphatic heterocycles. The number of furan rings is 1. The van der Waals surface area contributed by atoms with Gasteiger partial charge < -0.3 is 9.52 Å². The zero-order valence-corrected chi connectivity index (χ0v) is 15.8. The maximum Gasteiger partial charge on any atom is 0.337 e. The molecule has 3 rings (SSSR count). The number of benzene rings is 2. The van der Waals surface area contributed by atoms with Gasteiger partial charge in [0.2, 0.25) is 0 Å². The molecule has 0 bridgehead atoms. The van der Waals surface area contributed by atoms with Crippen LogP contribution in [0, 0.1) is 11.3 Å². The summed E-state index contributed by atoms with van der Waals surface area (Å²) in [5.41, 5.74) is 1.49. The van der Waals surface area contributed by atoms with Gasteiger partial charge in [0, 0.05) is 5.56 Å². The van der Waals surface area contributed by atoms with Crippen molar-refractivity contribution >= 4 is 52.4 Å². The number of carbonyl (C=O) groups is 1. The van der Waals surface area contributed by atoms with Crippen molar-refractivity contribution in [3.63, 3.8) is 0 Å². The van der Waals surface area contributed by atoms with E-state index >= 15 is 0 Å². The molecule has 1 heterocycles. The summed E-state index contributed by atoms with van der Waals surface area (Å²) in [4.78, 5) is 11.2. The summed E-state index contributed by atoms with van der Waals surface area (Å²) in [5, 5.41) is 19.5. The van der Waals surface area contributed by atoms with Crippen molar-refractivity contribution < 1.29 is 14.3 Å². The number of hydrogen-bond acceptors (Lipinski definition) is 3. The van der Waals surface area contributed by atoms with Gasteiger partial charge >= 0.3 is 5.97 Å². The van der Waals surface area contributed by atoms with Gasteiger partial charge in [0.15, 0.2) is 0 Å². The standard InChI is InChI=1S/C20H10Cl3NO3/c21-16-4-2-12(8-15(16)20(25)26)19-6-3-14(27-19)7-13(10-24)11-1-5-17(22)18(23)9-11/h1-9H,(H,25,26)/b13-7-. The molecule has 1 N–H and O–H groups in total. The summed E-state index contributed by atoms with van der Waals surface area (Å²) in [7, 11) is 0. The van der Waals surface area contributed by atoms with Crippen molar-refractivity contribution in [2.45, 2.75) is 0 Å². The fourth-order valence-corrected chi connectivity index (χ4v) is 2.91. The molecule has 134 valence electrons. The lowest BCUT2D eigenvalue weighted by Crippen LogP contribution is -1.97. The summed E-state index contributed by atoms with van der Waals surface area (Å²) in [5.74, 6) is -0.244. The van der Waals surface area contributed by atoms with Crippen LogP contribution in [-0.2, 0) is 0 Å². The smallest absolute Gasteiger partial charge is 0.337 e. The van der Waals surface area contributed by atoms with Crippen LogP contribution in [0.4, 0.5) is 0 Å². The first-order chi connectivity index (χ1) is 12.9. The molecule has 2 aromatic carbocycles. The van der Waals surface area contributed by atoms with Crippen molar-refractivity contribution in [1.82, 2.24) is 0 Å². The third-order valence-corrected chi connectivity index (χ3v) is 4.81. The number of hydrogen-bond donors (Lipinski definition) is 1.